The number of nitrogens with two attached hydrogens (primary N) is 1. The Morgan fingerprint density at radius 3 is 2.64 bits per heavy atom. The molecule has 0 fully saturated rings. The third kappa shape index (κ3) is 3.12. The fourth-order valence-corrected chi connectivity index (χ4v) is 3.19. The number of fused-ring (bicyclic) bond motifs is 1. The second-order valence-electron chi connectivity index (χ2n) is 5.63. The lowest BCUT2D eigenvalue weighted by Crippen LogP contribution is -1.94. The van der Waals surface area contributed by atoms with Crippen LogP contribution in [-0.4, -0.2) is 15.0 Å². The maximum Gasteiger partial charge on any atom is 0.197 e. The van der Waals surface area contributed by atoms with Crippen LogP contribution in [0.3, 0.4) is 0 Å². The van der Waals surface area contributed by atoms with Crippen molar-refractivity contribution in [3.63, 3.8) is 0 Å². The summed E-state index contributed by atoms with van der Waals surface area (Å²) in [5, 5.41) is 1.41. The second kappa shape index (κ2) is 6.27. The van der Waals surface area contributed by atoms with Gasteiger partial charge in [-0.1, -0.05) is 41.9 Å². The first-order valence-corrected chi connectivity index (χ1v) is 8.42. The smallest absolute Gasteiger partial charge is 0.197 e. The summed E-state index contributed by atoms with van der Waals surface area (Å²) in [6, 6.07) is 19.2. The number of rotatable bonds is 2. The lowest BCUT2D eigenvalue weighted by molar-refractivity contribution is 1.14. The van der Waals surface area contributed by atoms with Crippen molar-refractivity contribution in [3.05, 3.63) is 70.6 Å². The topological polar surface area (TPSA) is 67.6 Å². The Balaban J connectivity index is 1.92. The second-order valence-corrected chi connectivity index (χ2v) is 6.37. The van der Waals surface area contributed by atoms with Crippen LogP contribution in [0.2, 0.25) is 5.15 Å². The molecule has 6 heteroatoms. The predicted octanol–water partition coefficient (Wildman–Crippen LogP) is 5.26. The molecular formula is C19H13ClN4S. The number of benzene rings is 2. The van der Waals surface area contributed by atoms with Gasteiger partial charge < -0.3 is 10.7 Å². The van der Waals surface area contributed by atoms with Gasteiger partial charge in [-0.25, -0.2) is 9.97 Å². The van der Waals surface area contributed by atoms with E-state index in [-0.39, 0.29) is 0 Å². The highest BCUT2D eigenvalue weighted by atomic mass is 35.5. The Hall–Kier alpha value is -2.76. The number of aromatic amines is 1. The molecule has 2 aromatic carbocycles. The van der Waals surface area contributed by atoms with Gasteiger partial charge in [0.05, 0.1) is 16.9 Å². The van der Waals surface area contributed by atoms with Gasteiger partial charge >= 0.3 is 0 Å². The molecule has 0 amide bonds. The van der Waals surface area contributed by atoms with Crippen LogP contribution in [0.1, 0.15) is 0 Å². The van der Waals surface area contributed by atoms with Gasteiger partial charge in [0, 0.05) is 22.2 Å². The highest BCUT2D eigenvalue weighted by Gasteiger charge is 2.10. The van der Waals surface area contributed by atoms with Gasteiger partial charge in [0.25, 0.3) is 0 Å². The molecule has 0 bridgehead atoms. The van der Waals surface area contributed by atoms with E-state index in [1.807, 2.05) is 60.7 Å². The van der Waals surface area contributed by atoms with Crippen LogP contribution in [-0.2, 0) is 0 Å². The summed E-state index contributed by atoms with van der Waals surface area (Å²) in [7, 11) is 0. The average Bonchev–Trinajstić information content (AvgIpc) is 2.60. The van der Waals surface area contributed by atoms with Crippen molar-refractivity contribution >= 4 is 40.4 Å². The standard InChI is InChI=1S/C19H13ClN4S/c20-18-14(9-12-4-1-2-7-15(12)22-18)17-10-16(23-19(25)24-17)11-5-3-6-13(21)8-11/h1-10H,21H2,(H,23,24,25). The number of halogens is 1. The first-order chi connectivity index (χ1) is 12.1. The van der Waals surface area contributed by atoms with Crippen molar-refractivity contribution in [2.45, 2.75) is 0 Å². The van der Waals surface area contributed by atoms with Crippen LogP contribution < -0.4 is 5.73 Å². The van der Waals surface area contributed by atoms with Crippen molar-refractivity contribution in [1.29, 1.82) is 0 Å². The van der Waals surface area contributed by atoms with Gasteiger partial charge in [0.1, 0.15) is 5.15 Å². The van der Waals surface area contributed by atoms with Crippen molar-refractivity contribution in [2.24, 2.45) is 0 Å². The molecule has 4 nitrogen and oxygen atoms in total. The molecule has 0 aliphatic heterocycles. The molecule has 0 spiro atoms. The number of hydrogen-bond donors (Lipinski definition) is 2. The van der Waals surface area contributed by atoms with Crippen molar-refractivity contribution < 1.29 is 0 Å². The normalized spacial score (nSPS) is 10.9. The van der Waals surface area contributed by atoms with Crippen molar-refractivity contribution in [3.8, 4) is 22.5 Å². The molecule has 122 valence electrons. The molecule has 2 aromatic heterocycles. The molecular weight excluding hydrogens is 352 g/mol. The van der Waals surface area contributed by atoms with E-state index in [0.717, 1.165) is 33.4 Å². The van der Waals surface area contributed by atoms with E-state index in [1.165, 1.54) is 0 Å². The van der Waals surface area contributed by atoms with Crippen LogP contribution in [0.4, 0.5) is 5.69 Å². The Kier molecular flexibility index (Phi) is 3.95. The zero-order valence-electron chi connectivity index (χ0n) is 13.0. The summed E-state index contributed by atoms with van der Waals surface area (Å²) in [4.78, 5) is 12.0. The zero-order valence-corrected chi connectivity index (χ0v) is 14.6. The van der Waals surface area contributed by atoms with Gasteiger partial charge in [-0.05, 0) is 42.5 Å². The minimum atomic E-state index is 0.374. The van der Waals surface area contributed by atoms with E-state index < -0.39 is 0 Å². The highest BCUT2D eigenvalue weighted by Crippen LogP contribution is 2.30. The van der Waals surface area contributed by atoms with Crippen LogP contribution in [0.15, 0.2) is 60.7 Å². The third-order valence-corrected chi connectivity index (χ3v) is 4.38. The largest absolute Gasteiger partial charge is 0.399 e. The van der Waals surface area contributed by atoms with Gasteiger partial charge in [0.2, 0.25) is 0 Å². The van der Waals surface area contributed by atoms with Gasteiger partial charge in [-0.3, -0.25) is 0 Å². The SMILES string of the molecule is Nc1cccc(-c2cc(-c3cc4ccccc4nc3Cl)[nH]c(=S)n2)c1. The molecule has 4 aromatic rings. The minimum absolute atomic E-state index is 0.374. The summed E-state index contributed by atoms with van der Waals surface area (Å²) >= 11 is 11.7. The molecule has 3 N–H and O–H groups in total. The van der Waals surface area contributed by atoms with Gasteiger partial charge in [-0.2, -0.15) is 0 Å². The number of hydrogen-bond acceptors (Lipinski definition) is 4. The highest BCUT2D eigenvalue weighted by molar-refractivity contribution is 7.71. The van der Waals surface area contributed by atoms with Gasteiger partial charge in [0.15, 0.2) is 4.77 Å². The number of nitrogens with one attached hydrogen (secondary N) is 1. The molecule has 4 rings (SSSR count). The number of para-hydroxylation sites is 1. The quantitative estimate of drug-likeness (QED) is 0.289. The number of anilines is 1. The molecule has 0 unspecified atom stereocenters. The summed E-state index contributed by atoms with van der Waals surface area (Å²) in [6.07, 6.45) is 0. The number of aromatic nitrogens is 3. The molecule has 0 saturated carbocycles. The van der Waals surface area contributed by atoms with E-state index >= 15 is 0 Å². The fourth-order valence-electron chi connectivity index (χ4n) is 2.73. The van der Waals surface area contributed by atoms with Crippen LogP contribution in [0, 0.1) is 4.77 Å². The minimum Gasteiger partial charge on any atom is -0.399 e. The lowest BCUT2D eigenvalue weighted by Gasteiger charge is -2.09. The molecule has 0 aliphatic rings. The summed E-state index contributed by atoms with van der Waals surface area (Å²) < 4.78 is 0.374. The van der Waals surface area contributed by atoms with Gasteiger partial charge in [-0.15, -0.1) is 0 Å². The molecule has 2 heterocycles. The molecule has 25 heavy (non-hydrogen) atoms. The maximum absolute atomic E-state index is 6.41. The Bertz CT molecular complexity index is 1150. The van der Waals surface area contributed by atoms with E-state index in [4.69, 9.17) is 29.6 Å². The van der Waals surface area contributed by atoms with E-state index in [2.05, 4.69) is 15.0 Å². The van der Waals surface area contributed by atoms with Crippen LogP contribution in [0.5, 0.6) is 0 Å². The molecule has 0 saturated heterocycles. The lowest BCUT2D eigenvalue weighted by atomic mass is 10.1. The Morgan fingerprint density at radius 2 is 1.80 bits per heavy atom. The predicted molar refractivity (Wildman–Crippen MR) is 105 cm³/mol. The van der Waals surface area contributed by atoms with Crippen molar-refractivity contribution in [2.75, 3.05) is 5.73 Å². The van der Waals surface area contributed by atoms with Crippen molar-refractivity contribution in [1.82, 2.24) is 15.0 Å². The number of nitrogens with zero attached hydrogens (tertiary/aromatic N) is 2. The van der Waals surface area contributed by atoms with E-state index in [9.17, 15) is 0 Å². The Labute approximate surface area is 154 Å². The number of pyridine rings is 1. The number of H-pyrrole nitrogens is 1. The summed E-state index contributed by atoms with van der Waals surface area (Å²) in [5.74, 6) is 0. The Morgan fingerprint density at radius 1 is 0.960 bits per heavy atom. The van der Waals surface area contributed by atoms with Crippen LogP contribution >= 0.6 is 23.8 Å². The van der Waals surface area contributed by atoms with Crippen LogP contribution in [0.25, 0.3) is 33.4 Å². The zero-order chi connectivity index (χ0) is 17.4. The summed E-state index contributed by atoms with van der Waals surface area (Å²) in [5.41, 5.74) is 10.6. The molecule has 0 radical (unpaired) electrons. The average molecular weight is 365 g/mol. The monoisotopic (exact) mass is 364 g/mol. The van der Waals surface area contributed by atoms with E-state index in [1.54, 1.807) is 0 Å². The number of nitrogen functional groups attached to an aromatic ring is 1. The molecule has 0 atom stereocenters. The fraction of sp³-hybridized carbons (Fsp3) is 0. The first-order valence-electron chi connectivity index (χ1n) is 7.63. The maximum atomic E-state index is 6.41. The first kappa shape index (κ1) is 15.7. The third-order valence-electron chi connectivity index (χ3n) is 3.89. The van der Waals surface area contributed by atoms with E-state index in [0.29, 0.717) is 15.6 Å². The summed E-state index contributed by atoms with van der Waals surface area (Å²) in [6.45, 7) is 0. The molecule has 0 aliphatic carbocycles.